The fourth-order valence-electron chi connectivity index (χ4n) is 4.44. The van der Waals surface area contributed by atoms with Crippen LogP contribution >= 0.6 is 11.3 Å². The summed E-state index contributed by atoms with van der Waals surface area (Å²) >= 11 is 1.70. The number of benzene rings is 1. The number of hydrogen-bond acceptors (Lipinski definition) is 4. The first-order valence-electron chi connectivity index (χ1n) is 10.7. The van der Waals surface area contributed by atoms with Gasteiger partial charge in [-0.1, -0.05) is 18.2 Å². The van der Waals surface area contributed by atoms with E-state index >= 15 is 0 Å². The van der Waals surface area contributed by atoms with Gasteiger partial charge in [0.2, 0.25) is 0 Å². The summed E-state index contributed by atoms with van der Waals surface area (Å²) in [5, 5.41) is 2.08. The van der Waals surface area contributed by atoms with Crippen molar-refractivity contribution in [2.45, 2.75) is 32.9 Å². The van der Waals surface area contributed by atoms with Crippen LogP contribution in [0, 0.1) is 0 Å². The molecule has 1 aromatic carbocycles. The normalized spacial score (nSPS) is 14.6. The lowest BCUT2D eigenvalue weighted by molar-refractivity contribution is 0.0789. The highest BCUT2D eigenvalue weighted by molar-refractivity contribution is 7.13. The van der Waals surface area contributed by atoms with Crippen molar-refractivity contribution in [2.75, 3.05) is 20.2 Å². The summed E-state index contributed by atoms with van der Waals surface area (Å²) in [7, 11) is 1.68. The summed E-state index contributed by atoms with van der Waals surface area (Å²) in [5.41, 5.74) is 5.29. The molecule has 0 N–H and O–H groups in total. The molecule has 2 aliphatic heterocycles. The van der Waals surface area contributed by atoms with E-state index in [4.69, 9.17) is 9.47 Å². The van der Waals surface area contributed by atoms with Gasteiger partial charge in [0.25, 0.3) is 5.91 Å². The highest BCUT2D eigenvalue weighted by atomic mass is 32.1. The van der Waals surface area contributed by atoms with Gasteiger partial charge in [-0.2, -0.15) is 0 Å². The number of carbonyl (C=O) groups excluding carboxylic acids is 1. The van der Waals surface area contributed by atoms with Crippen molar-refractivity contribution in [3.8, 4) is 33.2 Å². The van der Waals surface area contributed by atoms with Crippen molar-refractivity contribution < 1.29 is 14.3 Å². The number of amides is 1. The van der Waals surface area contributed by atoms with Gasteiger partial charge in [0.15, 0.2) is 11.5 Å². The second kappa shape index (κ2) is 7.93. The Morgan fingerprint density at radius 1 is 1.10 bits per heavy atom. The fraction of sp³-hybridized carbons (Fsp3) is 0.320. The quantitative estimate of drug-likeness (QED) is 0.515. The van der Waals surface area contributed by atoms with Crippen LogP contribution in [0.4, 0.5) is 0 Å². The van der Waals surface area contributed by atoms with Gasteiger partial charge in [0.05, 0.1) is 18.9 Å². The third-order valence-corrected chi connectivity index (χ3v) is 6.72. The van der Waals surface area contributed by atoms with E-state index < -0.39 is 0 Å². The van der Waals surface area contributed by atoms with Crippen molar-refractivity contribution >= 4 is 17.2 Å². The zero-order chi connectivity index (χ0) is 21.5. The van der Waals surface area contributed by atoms with Gasteiger partial charge in [-0.25, -0.2) is 0 Å². The van der Waals surface area contributed by atoms with Gasteiger partial charge in [0, 0.05) is 35.6 Å². The predicted molar refractivity (Wildman–Crippen MR) is 124 cm³/mol. The number of hydrogen-bond donors (Lipinski definition) is 0. The molecule has 160 valence electrons. The van der Waals surface area contributed by atoms with Crippen LogP contribution in [0.15, 0.2) is 47.9 Å². The molecular weight excluding hydrogens is 408 g/mol. The summed E-state index contributed by atoms with van der Waals surface area (Å²) in [6.07, 6.45) is 4.99. The highest BCUT2D eigenvalue weighted by Gasteiger charge is 2.30. The minimum atomic E-state index is 0.0406. The van der Waals surface area contributed by atoms with E-state index in [0.29, 0.717) is 13.1 Å². The number of thiophene rings is 1. The third kappa shape index (κ3) is 3.45. The Morgan fingerprint density at radius 3 is 2.58 bits per heavy atom. The predicted octanol–water partition coefficient (Wildman–Crippen LogP) is 5.25. The number of methoxy groups -OCH3 is 1. The van der Waals surface area contributed by atoms with E-state index in [-0.39, 0.29) is 12.0 Å². The van der Waals surface area contributed by atoms with Gasteiger partial charge < -0.3 is 18.9 Å². The van der Waals surface area contributed by atoms with E-state index in [2.05, 4.69) is 52.4 Å². The van der Waals surface area contributed by atoms with E-state index in [1.165, 1.54) is 5.56 Å². The number of aryl methyl sites for hydroxylation is 1. The number of carbonyl (C=O) groups is 1. The molecule has 2 aliphatic rings. The van der Waals surface area contributed by atoms with Crippen LogP contribution in [-0.4, -0.2) is 41.7 Å². The molecule has 6 heteroatoms. The Balaban J connectivity index is 1.70. The smallest absolute Gasteiger partial charge is 0.271 e. The molecule has 0 aliphatic carbocycles. The Hall–Kier alpha value is -2.99. The maximum atomic E-state index is 13.4. The first kappa shape index (κ1) is 19.9. The van der Waals surface area contributed by atoms with Crippen LogP contribution in [-0.2, 0) is 13.0 Å². The van der Waals surface area contributed by atoms with Gasteiger partial charge in [-0.15, -0.1) is 11.3 Å². The molecule has 31 heavy (non-hydrogen) atoms. The fourth-order valence-corrected chi connectivity index (χ4v) is 5.18. The Kier molecular flexibility index (Phi) is 5.10. The maximum Gasteiger partial charge on any atom is 0.271 e. The van der Waals surface area contributed by atoms with Crippen LogP contribution in [0.5, 0.6) is 11.5 Å². The van der Waals surface area contributed by atoms with Crippen molar-refractivity contribution in [3.63, 3.8) is 0 Å². The Labute approximate surface area is 186 Å². The van der Waals surface area contributed by atoms with Crippen molar-refractivity contribution in [3.05, 3.63) is 59.1 Å². The van der Waals surface area contributed by atoms with Crippen LogP contribution in [0.2, 0.25) is 0 Å². The highest BCUT2D eigenvalue weighted by Crippen LogP contribution is 2.45. The molecule has 0 unspecified atom stereocenters. The van der Waals surface area contributed by atoms with Crippen LogP contribution in [0.25, 0.3) is 21.7 Å². The van der Waals surface area contributed by atoms with Crippen LogP contribution in [0.1, 0.15) is 29.9 Å². The first-order valence-corrected chi connectivity index (χ1v) is 11.5. The molecule has 1 amide bonds. The van der Waals surface area contributed by atoms with Crippen LogP contribution < -0.4 is 9.47 Å². The lowest BCUT2D eigenvalue weighted by atomic mass is 9.95. The molecule has 0 bridgehead atoms. The summed E-state index contributed by atoms with van der Waals surface area (Å²) < 4.78 is 13.9. The monoisotopic (exact) mass is 434 g/mol. The molecular formula is C25H26N2O3S. The third-order valence-electron chi connectivity index (χ3n) is 5.82. The molecule has 5 rings (SSSR count). The second-order valence-electron chi connectivity index (χ2n) is 8.18. The molecule has 0 radical (unpaired) electrons. The number of fused-ring (bicyclic) bond motifs is 3. The molecule has 2 aromatic heterocycles. The van der Waals surface area contributed by atoms with Crippen molar-refractivity contribution in [1.29, 1.82) is 0 Å². The van der Waals surface area contributed by atoms with E-state index in [1.807, 2.05) is 18.7 Å². The Morgan fingerprint density at radius 2 is 1.90 bits per heavy atom. The molecule has 0 fully saturated rings. The number of aromatic nitrogens is 1. The topological polar surface area (TPSA) is 43.7 Å². The largest absolute Gasteiger partial charge is 0.493 e. The number of ether oxygens (including phenoxy) is 2. The zero-order valence-electron chi connectivity index (χ0n) is 18.1. The van der Waals surface area contributed by atoms with Crippen LogP contribution in [0.3, 0.4) is 0 Å². The van der Waals surface area contributed by atoms with Gasteiger partial charge in [0.1, 0.15) is 5.69 Å². The van der Waals surface area contributed by atoms with Gasteiger partial charge in [-0.3, -0.25) is 4.79 Å². The molecule has 0 atom stereocenters. The van der Waals surface area contributed by atoms with E-state index in [0.717, 1.165) is 51.9 Å². The average Bonchev–Trinajstić information content (AvgIpc) is 3.52. The lowest BCUT2D eigenvalue weighted by Crippen LogP contribution is -2.30. The summed E-state index contributed by atoms with van der Waals surface area (Å²) in [5.74, 6) is 1.58. The summed E-state index contributed by atoms with van der Waals surface area (Å²) in [4.78, 5) is 16.4. The number of rotatable bonds is 5. The average molecular weight is 435 g/mol. The number of nitrogens with zero attached hydrogens (tertiary/aromatic N) is 2. The van der Waals surface area contributed by atoms with Gasteiger partial charge in [-0.05, 0) is 55.5 Å². The lowest BCUT2D eigenvalue weighted by Gasteiger charge is -2.25. The zero-order valence-corrected chi connectivity index (χ0v) is 18.9. The van der Waals surface area contributed by atoms with Crippen molar-refractivity contribution in [1.82, 2.24) is 9.47 Å². The molecule has 0 spiro atoms. The minimum Gasteiger partial charge on any atom is -0.493 e. The first-order chi connectivity index (χ1) is 15.1. The molecule has 3 aromatic rings. The molecule has 0 saturated heterocycles. The summed E-state index contributed by atoms with van der Waals surface area (Å²) in [6, 6.07) is 10.4. The SMILES string of the molecule is COc1cc2c(cc1OC(C)C)-c1c(-c3cccs3)cc(C(=O)N3CC=CC3)n1CC2. The van der Waals surface area contributed by atoms with Crippen molar-refractivity contribution in [2.24, 2.45) is 0 Å². The standard InChI is InChI=1S/C25H26N2O3S/c1-16(2)30-22-15-18-17(13-21(22)29-3)8-11-27-20(25(28)26-9-4-5-10-26)14-19(24(18)27)23-7-6-12-31-23/h4-7,12-16H,8-11H2,1-3H3. The summed E-state index contributed by atoms with van der Waals surface area (Å²) in [6.45, 7) is 6.14. The maximum absolute atomic E-state index is 13.4. The minimum absolute atomic E-state index is 0.0406. The Bertz CT molecular complexity index is 1150. The molecule has 0 saturated carbocycles. The van der Waals surface area contributed by atoms with E-state index in [9.17, 15) is 4.79 Å². The molecule has 4 heterocycles. The molecule has 5 nitrogen and oxygen atoms in total. The van der Waals surface area contributed by atoms with E-state index in [1.54, 1.807) is 18.4 Å². The second-order valence-corrected chi connectivity index (χ2v) is 9.13. The van der Waals surface area contributed by atoms with Gasteiger partial charge >= 0.3 is 0 Å².